The quantitative estimate of drug-likeness (QED) is 0.826. The van der Waals surface area contributed by atoms with Crippen molar-refractivity contribution in [3.63, 3.8) is 0 Å². The van der Waals surface area contributed by atoms with E-state index in [4.69, 9.17) is 0 Å². The molecule has 0 saturated heterocycles. The Labute approximate surface area is 124 Å². The van der Waals surface area contributed by atoms with Crippen molar-refractivity contribution in [1.82, 2.24) is 15.1 Å². The zero-order valence-electron chi connectivity index (χ0n) is 13.4. The van der Waals surface area contributed by atoms with Crippen molar-refractivity contribution in [2.75, 3.05) is 6.54 Å². The van der Waals surface area contributed by atoms with Gasteiger partial charge in [-0.3, -0.25) is 4.68 Å². The molecule has 1 heterocycles. The van der Waals surface area contributed by atoms with Crippen molar-refractivity contribution in [3.05, 3.63) is 18.0 Å². The predicted octanol–water partition coefficient (Wildman–Crippen LogP) is 3.55. The first-order valence-corrected chi connectivity index (χ1v) is 8.41. The van der Waals surface area contributed by atoms with Crippen LogP contribution in [0, 0.1) is 11.8 Å². The van der Waals surface area contributed by atoms with Gasteiger partial charge in [0.15, 0.2) is 0 Å². The lowest BCUT2D eigenvalue weighted by atomic mass is 9.77. The lowest BCUT2D eigenvalue weighted by Crippen LogP contribution is -2.39. The van der Waals surface area contributed by atoms with Crippen LogP contribution in [0.4, 0.5) is 0 Å². The summed E-state index contributed by atoms with van der Waals surface area (Å²) in [5, 5.41) is 8.09. The molecule has 3 atom stereocenters. The van der Waals surface area contributed by atoms with Crippen LogP contribution >= 0.6 is 0 Å². The van der Waals surface area contributed by atoms with E-state index in [1.54, 1.807) is 0 Å². The minimum absolute atomic E-state index is 0.688. The molecule has 1 aliphatic carbocycles. The molecule has 1 aromatic rings. The van der Waals surface area contributed by atoms with Gasteiger partial charge >= 0.3 is 0 Å². The molecule has 0 radical (unpaired) electrons. The molecule has 1 N–H and O–H groups in total. The summed E-state index contributed by atoms with van der Waals surface area (Å²) in [4.78, 5) is 0. The highest BCUT2D eigenvalue weighted by atomic mass is 15.2. The van der Waals surface area contributed by atoms with Crippen molar-refractivity contribution >= 4 is 0 Å². The van der Waals surface area contributed by atoms with Gasteiger partial charge in [0.2, 0.25) is 0 Å². The molecule has 1 aliphatic rings. The zero-order chi connectivity index (χ0) is 14.4. The van der Waals surface area contributed by atoms with Crippen molar-refractivity contribution < 1.29 is 0 Å². The summed E-state index contributed by atoms with van der Waals surface area (Å²) in [6.45, 7) is 5.83. The first kappa shape index (κ1) is 15.6. The number of nitrogens with zero attached hydrogens (tertiary/aromatic N) is 2. The molecule has 3 heteroatoms. The molecule has 0 amide bonds. The van der Waals surface area contributed by atoms with E-state index in [9.17, 15) is 0 Å². The molecule has 0 aliphatic heterocycles. The first-order valence-electron chi connectivity index (χ1n) is 8.41. The number of hydrogen-bond donors (Lipinski definition) is 1. The van der Waals surface area contributed by atoms with Gasteiger partial charge in [0.25, 0.3) is 0 Å². The Balaban J connectivity index is 1.90. The third kappa shape index (κ3) is 4.34. The van der Waals surface area contributed by atoms with Gasteiger partial charge in [-0.25, -0.2) is 0 Å². The van der Waals surface area contributed by atoms with Gasteiger partial charge in [-0.05, 0) is 56.6 Å². The smallest absolute Gasteiger partial charge is 0.0492 e. The van der Waals surface area contributed by atoms with E-state index in [1.165, 1.54) is 44.2 Å². The van der Waals surface area contributed by atoms with E-state index >= 15 is 0 Å². The molecular formula is C17H31N3. The Morgan fingerprint density at radius 2 is 2.30 bits per heavy atom. The van der Waals surface area contributed by atoms with Gasteiger partial charge in [0, 0.05) is 25.0 Å². The molecule has 2 rings (SSSR count). The van der Waals surface area contributed by atoms with Gasteiger partial charge < -0.3 is 5.32 Å². The Morgan fingerprint density at radius 1 is 1.45 bits per heavy atom. The monoisotopic (exact) mass is 277 g/mol. The number of aryl methyl sites for hydroxylation is 2. The average molecular weight is 277 g/mol. The van der Waals surface area contributed by atoms with Crippen LogP contribution in [0.3, 0.4) is 0 Å². The number of hydrogen-bond acceptors (Lipinski definition) is 2. The van der Waals surface area contributed by atoms with E-state index in [0.29, 0.717) is 6.04 Å². The maximum absolute atomic E-state index is 4.28. The fourth-order valence-corrected chi connectivity index (χ4v) is 3.63. The Morgan fingerprint density at radius 3 is 2.95 bits per heavy atom. The maximum atomic E-state index is 4.28. The Hall–Kier alpha value is -0.830. The molecular weight excluding hydrogens is 246 g/mol. The van der Waals surface area contributed by atoms with Crippen LogP contribution in [0.25, 0.3) is 0 Å². The van der Waals surface area contributed by atoms with E-state index in [0.717, 1.165) is 24.8 Å². The van der Waals surface area contributed by atoms with Crippen LogP contribution in [0.1, 0.15) is 58.1 Å². The lowest BCUT2D eigenvalue weighted by molar-refractivity contribution is 0.214. The van der Waals surface area contributed by atoms with Crippen molar-refractivity contribution in [2.24, 2.45) is 18.9 Å². The summed E-state index contributed by atoms with van der Waals surface area (Å²) in [5.41, 5.74) is 1.36. The SMILES string of the molecule is CCCNC(CCc1ccnn1C)C1CCCC(C)C1. The minimum atomic E-state index is 0.688. The highest BCUT2D eigenvalue weighted by Gasteiger charge is 2.26. The van der Waals surface area contributed by atoms with Gasteiger partial charge in [-0.1, -0.05) is 26.7 Å². The molecule has 114 valence electrons. The van der Waals surface area contributed by atoms with Crippen molar-refractivity contribution in [2.45, 2.75) is 64.8 Å². The van der Waals surface area contributed by atoms with Gasteiger partial charge in [-0.2, -0.15) is 5.10 Å². The lowest BCUT2D eigenvalue weighted by Gasteiger charge is -2.34. The number of nitrogens with one attached hydrogen (secondary N) is 1. The molecule has 3 unspecified atom stereocenters. The highest BCUT2D eigenvalue weighted by Crippen LogP contribution is 2.32. The van der Waals surface area contributed by atoms with Crippen LogP contribution in [-0.2, 0) is 13.5 Å². The van der Waals surface area contributed by atoms with Crippen LogP contribution < -0.4 is 5.32 Å². The predicted molar refractivity (Wildman–Crippen MR) is 84.7 cm³/mol. The van der Waals surface area contributed by atoms with Crippen LogP contribution in [0.2, 0.25) is 0 Å². The Kier molecular flexibility index (Phi) is 6.08. The standard InChI is InChI=1S/C17H31N3/c1-4-11-18-17(15-7-5-6-14(2)13-15)9-8-16-10-12-19-20(16)3/h10,12,14-15,17-18H,4-9,11,13H2,1-3H3. The van der Waals surface area contributed by atoms with E-state index < -0.39 is 0 Å². The van der Waals surface area contributed by atoms with Gasteiger partial charge in [-0.15, -0.1) is 0 Å². The molecule has 0 aromatic carbocycles. The van der Waals surface area contributed by atoms with Gasteiger partial charge in [0.05, 0.1) is 0 Å². The van der Waals surface area contributed by atoms with E-state index in [1.807, 2.05) is 17.9 Å². The van der Waals surface area contributed by atoms with Crippen LogP contribution in [0.15, 0.2) is 12.3 Å². The molecule has 0 spiro atoms. The first-order chi connectivity index (χ1) is 9.70. The van der Waals surface area contributed by atoms with E-state index in [-0.39, 0.29) is 0 Å². The van der Waals surface area contributed by atoms with Gasteiger partial charge in [0.1, 0.15) is 0 Å². The summed E-state index contributed by atoms with van der Waals surface area (Å²) < 4.78 is 2.01. The van der Waals surface area contributed by atoms with Crippen molar-refractivity contribution in [3.8, 4) is 0 Å². The third-order valence-corrected chi connectivity index (χ3v) is 4.84. The molecule has 1 aromatic heterocycles. The topological polar surface area (TPSA) is 29.9 Å². The second-order valence-electron chi connectivity index (χ2n) is 6.58. The molecule has 1 saturated carbocycles. The Bertz CT molecular complexity index is 385. The summed E-state index contributed by atoms with van der Waals surface area (Å²) in [5.74, 6) is 1.79. The van der Waals surface area contributed by atoms with Crippen LogP contribution in [-0.4, -0.2) is 22.4 Å². The largest absolute Gasteiger partial charge is 0.314 e. The second kappa shape index (κ2) is 7.82. The number of rotatable bonds is 7. The summed E-state index contributed by atoms with van der Waals surface area (Å²) in [6.07, 6.45) is 11.2. The second-order valence-corrected chi connectivity index (χ2v) is 6.58. The fraction of sp³-hybridized carbons (Fsp3) is 0.824. The number of aromatic nitrogens is 2. The zero-order valence-corrected chi connectivity index (χ0v) is 13.4. The summed E-state index contributed by atoms with van der Waals surface area (Å²) in [7, 11) is 2.05. The normalized spacial score (nSPS) is 24.8. The minimum Gasteiger partial charge on any atom is -0.314 e. The average Bonchev–Trinajstić information content (AvgIpc) is 2.84. The molecule has 0 bridgehead atoms. The van der Waals surface area contributed by atoms with E-state index in [2.05, 4.69) is 30.3 Å². The molecule has 1 fully saturated rings. The maximum Gasteiger partial charge on any atom is 0.0492 e. The summed E-state index contributed by atoms with van der Waals surface area (Å²) >= 11 is 0. The van der Waals surface area contributed by atoms with Crippen LogP contribution in [0.5, 0.6) is 0 Å². The van der Waals surface area contributed by atoms with Crippen molar-refractivity contribution in [1.29, 1.82) is 0 Å². The fourth-order valence-electron chi connectivity index (χ4n) is 3.63. The molecule has 3 nitrogen and oxygen atoms in total. The highest BCUT2D eigenvalue weighted by molar-refractivity contribution is 5.01. The summed E-state index contributed by atoms with van der Waals surface area (Å²) in [6, 6.07) is 2.84. The third-order valence-electron chi connectivity index (χ3n) is 4.84. The molecule has 20 heavy (non-hydrogen) atoms.